The SMILES string of the molecule is CCOc1cc(/C=C2/SC(=S)NC2=O)ccc1OC(=O)c1ccc([N+](=O)[O-])c(C)c1. The van der Waals surface area contributed by atoms with Gasteiger partial charge in [0.15, 0.2) is 11.5 Å². The van der Waals surface area contributed by atoms with E-state index in [0.29, 0.717) is 32.7 Å². The average molecular weight is 444 g/mol. The Morgan fingerprint density at radius 3 is 2.63 bits per heavy atom. The smallest absolute Gasteiger partial charge is 0.343 e. The molecule has 0 unspecified atom stereocenters. The summed E-state index contributed by atoms with van der Waals surface area (Å²) in [6, 6.07) is 8.89. The molecule has 8 nitrogen and oxygen atoms in total. The molecule has 2 aromatic rings. The van der Waals surface area contributed by atoms with Crippen LogP contribution in [0, 0.1) is 17.0 Å². The van der Waals surface area contributed by atoms with Crippen LogP contribution in [0.15, 0.2) is 41.3 Å². The fourth-order valence-electron chi connectivity index (χ4n) is 2.69. The third-order valence-corrected chi connectivity index (χ3v) is 5.20. The molecule has 1 N–H and O–H groups in total. The molecule has 0 bridgehead atoms. The van der Waals surface area contributed by atoms with Gasteiger partial charge in [-0.1, -0.05) is 30.0 Å². The molecular weight excluding hydrogens is 428 g/mol. The maximum atomic E-state index is 12.5. The van der Waals surface area contributed by atoms with Gasteiger partial charge in [0.25, 0.3) is 11.6 Å². The zero-order valence-corrected chi connectivity index (χ0v) is 17.6. The Hall–Kier alpha value is -3.24. The van der Waals surface area contributed by atoms with Crippen molar-refractivity contribution >= 4 is 51.9 Å². The first kappa shape index (κ1) is 21.5. The van der Waals surface area contributed by atoms with E-state index in [0.717, 1.165) is 11.8 Å². The first-order chi connectivity index (χ1) is 14.3. The number of carbonyl (C=O) groups excluding carboxylic acids is 2. The van der Waals surface area contributed by atoms with Crippen molar-refractivity contribution in [1.29, 1.82) is 0 Å². The summed E-state index contributed by atoms with van der Waals surface area (Å²) in [5.74, 6) is -0.424. The first-order valence-corrected chi connectivity index (χ1v) is 10.00. The van der Waals surface area contributed by atoms with Crippen LogP contribution in [0.5, 0.6) is 11.5 Å². The van der Waals surface area contributed by atoms with E-state index >= 15 is 0 Å². The summed E-state index contributed by atoms with van der Waals surface area (Å²) in [7, 11) is 0. The van der Waals surface area contributed by atoms with Gasteiger partial charge in [-0.05, 0) is 49.8 Å². The number of esters is 1. The number of benzene rings is 2. The van der Waals surface area contributed by atoms with E-state index in [2.05, 4.69) is 5.32 Å². The van der Waals surface area contributed by atoms with E-state index in [-0.39, 0.29) is 22.9 Å². The number of hydrogen-bond donors (Lipinski definition) is 1. The number of nitrogens with one attached hydrogen (secondary N) is 1. The van der Waals surface area contributed by atoms with Crippen molar-refractivity contribution in [2.24, 2.45) is 0 Å². The van der Waals surface area contributed by atoms with Crippen LogP contribution < -0.4 is 14.8 Å². The van der Waals surface area contributed by atoms with Crippen molar-refractivity contribution in [2.75, 3.05) is 6.61 Å². The van der Waals surface area contributed by atoms with Gasteiger partial charge in [-0.2, -0.15) is 0 Å². The third-order valence-electron chi connectivity index (χ3n) is 4.04. The Labute approximate surface area is 181 Å². The van der Waals surface area contributed by atoms with Crippen LogP contribution in [0.4, 0.5) is 5.69 Å². The van der Waals surface area contributed by atoms with Gasteiger partial charge in [-0.3, -0.25) is 14.9 Å². The van der Waals surface area contributed by atoms with Crippen molar-refractivity contribution in [3.63, 3.8) is 0 Å². The number of nitro groups is 1. The molecular formula is C20H16N2O6S2. The number of thioether (sulfide) groups is 1. The van der Waals surface area contributed by atoms with Crippen molar-refractivity contribution in [1.82, 2.24) is 5.32 Å². The number of thiocarbonyl (C=S) groups is 1. The van der Waals surface area contributed by atoms with Crippen molar-refractivity contribution < 1.29 is 24.0 Å². The highest BCUT2D eigenvalue weighted by molar-refractivity contribution is 8.26. The number of carbonyl (C=O) groups is 2. The summed E-state index contributed by atoms with van der Waals surface area (Å²) in [5, 5.41) is 13.5. The number of amides is 1. The van der Waals surface area contributed by atoms with Gasteiger partial charge in [-0.25, -0.2) is 4.79 Å². The largest absolute Gasteiger partial charge is 0.490 e. The second-order valence-corrected chi connectivity index (χ2v) is 7.86. The van der Waals surface area contributed by atoms with Crippen LogP contribution in [0.2, 0.25) is 0 Å². The Morgan fingerprint density at radius 1 is 1.27 bits per heavy atom. The van der Waals surface area contributed by atoms with E-state index in [9.17, 15) is 19.7 Å². The van der Waals surface area contributed by atoms with Gasteiger partial charge in [0.2, 0.25) is 0 Å². The summed E-state index contributed by atoms with van der Waals surface area (Å²) in [5.41, 5.74) is 1.13. The molecule has 0 saturated carbocycles. The highest BCUT2D eigenvalue weighted by Crippen LogP contribution is 2.32. The third kappa shape index (κ3) is 4.84. The molecule has 1 amide bonds. The van der Waals surface area contributed by atoms with Crippen LogP contribution in [0.25, 0.3) is 6.08 Å². The predicted molar refractivity (Wildman–Crippen MR) is 117 cm³/mol. The van der Waals surface area contributed by atoms with Crippen LogP contribution in [-0.2, 0) is 4.79 Å². The maximum Gasteiger partial charge on any atom is 0.343 e. The quantitative estimate of drug-likeness (QED) is 0.178. The minimum atomic E-state index is -0.670. The fraction of sp³-hybridized carbons (Fsp3) is 0.150. The molecule has 1 saturated heterocycles. The topological polar surface area (TPSA) is 108 Å². The van der Waals surface area contributed by atoms with Crippen molar-refractivity contribution in [3.05, 3.63) is 68.1 Å². The fourth-order valence-corrected chi connectivity index (χ4v) is 3.73. The van der Waals surface area contributed by atoms with Crippen molar-refractivity contribution in [3.8, 4) is 11.5 Å². The Balaban J connectivity index is 1.85. The summed E-state index contributed by atoms with van der Waals surface area (Å²) in [4.78, 5) is 35.2. The Bertz CT molecular complexity index is 1100. The normalized spacial score (nSPS) is 14.5. The molecule has 1 heterocycles. The van der Waals surface area contributed by atoms with Gasteiger partial charge < -0.3 is 14.8 Å². The van der Waals surface area contributed by atoms with Crippen LogP contribution in [0.1, 0.15) is 28.4 Å². The molecule has 2 aromatic carbocycles. The molecule has 154 valence electrons. The molecule has 0 spiro atoms. The summed E-state index contributed by atoms with van der Waals surface area (Å²) in [6.45, 7) is 3.67. The van der Waals surface area contributed by atoms with Gasteiger partial charge in [0.05, 0.1) is 22.0 Å². The zero-order chi connectivity index (χ0) is 21.8. The minimum absolute atomic E-state index is 0.0766. The van der Waals surface area contributed by atoms with Crippen LogP contribution in [-0.4, -0.2) is 27.7 Å². The van der Waals surface area contributed by atoms with Gasteiger partial charge in [0, 0.05) is 11.6 Å². The highest BCUT2D eigenvalue weighted by Gasteiger charge is 2.22. The van der Waals surface area contributed by atoms with Gasteiger partial charge in [0.1, 0.15) is 4.32 Å². The number of hydrogen-bond acceptors (Lipinski definition) is 8. The van der Waals surface area contributed by atoms with Crippen LogP contribution in [0.3, 0.4) is 0 Å². The second kappa shape index (κ2) is 9.06. The summed E-state index contributed by atoms with van der Waals surface area (Å²) in [6.07, 6.45) is 1.66. The lowest BCUT2D eigenvalue weighted by Crippen LogP contribution is -2.17. The lowest BCUT2D eigenvalue weighted by molar-refractivity contribution is -0.385. The van der Waals surface area contributed by atoms with E-state index in [1.165, 1.54) is 18.2 Å². The first-order valence-electron chi connectivity index (χ1n) is 8.77. The number of ether oxygens (including phenoxy) is 2. The molecule has 1 aliphatic heterocycles. The van der Waals surface area contributed by atoms with E-state index in [1.807, 2.05) is 0 Å². The zero-order valence-electron chi connectivity index (χ0n) is 16.0. The molecule has 0 radical (unpaired) electrons. The van der Waals surface area contributed by atoms with Gasteiger partial charge in [-0.15, -0.1) is 0 Å². The Morgan fingerprint density at radius 2 is 2.03 bits per heavy atom. The van der Waals surface area contributed by atoms with Gasteiger partial charge >= 0.3 is 5.97 Å². The molecule has 0 aliphatic carbocycles. The molecule has 1 aliphatic rings. The Kier molecular flexibility index (Phi) is 6.48. The minimum Gasteiger partial charge on any atom is -0.490 e. The monoisotopic (exact) mass is 444 g/mol. The van der Waals surface area contributed by atoms with Crippen LogP contribution >= 0.6 is 24.0 Å². The van der Waals surface area contributed by atoms with E-state index in [4.69, 9.17) is 21.7 Å². The lowest BCUT2D eigenvalue weighted by atomic mass is 10.1. The number of aryl methyl sites for hydroxylation is 1. The number of nitro benzene ring substituents is 1. The standard InChI is InChI=1S/C20H16N2O6S2/c1-3-27-16-9-12(10-17-18(23)21-20(29)30-17)4-7-15(16)28-19(24)13-5-6-14(22(25)26)11(2)8-13/h4-10H,3H2,1-2H3,(H,21,23,29)/b17-10+. The van der Waals surface area contributed by atoms with E-state index < -0.39 is 10.9 Å². The average Bonchev–Trinajstić information content (AvgIpc) is 3.00. The lowest BCUT2D eigenvalue weighted by Gasteiger charge is -2.12. The maximum absolute atomic E-state index is 12.5. The number of rotatable bonds is 6. The molecule has 1 fully saturated rings. The summed E-state index contributed by atoms with van der Waals surface area (Å²) >= 11 is 6.14. The molecule has 0 atom stereocenters. The van der Waals surface area contributed by atoms with E-state index in [1.54, 1.807) is 38.1 Å². The highest BCUT2D eigenvalue weighted by atomic mass is 32.2. The predicted octanol–water partition coefficient (Wildman–Crippen LogP) is 4.01. The molecule has 10 heteroatoms. The van der Waals surface area contributed by atoms with Crippen molar-refractivity contribution in [2.45, 2.75) is 13.8 Å². The number of nitrogens with zero attached hydrogens (tertiary/aromatic N) is 1. The molecule has 3 rings (SSSR count). The molecule has 30 heavy (non-hydrogen) atoms. The summed E-state index contributed by atoms with van der Waals surface area (Å²) < 4.78 is 11.4. The molecule has 0 aromatic heterocycles. The second-order valence-electron chi connectivity index (χ2n) is 6.14.